The molecule has 2 heterocycles. The zero-order valence-corrected chi connectivity index (χ0v) is 16.1. The molecule has 5 heteroatoms. The molecule has 2 aromatic rings. The lowest BCUT2D eigenvalue weighted by Gasteiger charge is -2.30. The van der Waals surface area contributed by atoms with Gasteiger partial charge in [0.1, 0.15) is 0 Å². The molecule has 1 aliphatic heterocycles. The largest absolute Gasteiger partial charge is 0.342 e. The maximum Gasteiger partial charge on any atom is 0.233 e. The number of hydrogen-bond donors (Lipinski definition) is 0. The average Bonchev–Trinajstić information content (AvgIpc) is 3.08. The fraction of sp³-hybridized carbons (Fsp3) is 0.500. The van der Waals surface area contributed by atoms with Crippen molar-refractivity contribution >= 4 is 17.7 Å². The number of piperidine rings is 1. The lowest BCUT2D eigenvalue weighted by molar-refractivity contribution is -0.130. The molecule has 4 nitrogen and oxygen atoms in total. The number of thioether (sulfide) groups is 1. The minimum absolute atomic E-state index is 0.223. The number of amides is 1. The zero-order valence-electron chi connectivity index (χ0n) is 15.3. The molecule has 0 N–H and O–H groups in total. The summed E-state index contributed by atoms with van der Waals surface area (Å²) in [4.78, 5) is 18.9. The fourth-order valence-corrected chi connectivity index (χ4v) is 4.12. The van der Waals surface area contributed by atoms with Gasteiger partial charge in [-0.25, -0.2) is 4.98 Å². The van der Waals surface area contributed by atoms with E-state index in [9.17, 15) is 4.79 Å². The van der Waals surface area contributed by atoms with Crippen LogP contribution in [0.15, 0.2) is 41.8 Å². The number of benzene rings is 1. The molecule has 0 bridgehead atoms. The van der Waals surface area contributed by atoms with E-state index in [2.05, 4.69) is 54.6 Å². The third-order valence-corrected chi connectivity index (χ3v) is 5.73. The van der Waals surface area contributed by atoms with Crippen LogP contribution in [0.2, 0.25) is 0 Å². The molecule has 0 radical (unpaired) electrons. The number of carbonyl (C=O) groups excluding carboxylic acids is 1. The van der Waals surface area contributed by atoms with Crippen molar-refractivity contribution in [3.05, 3.63) is 42.2 Å². The Kier molecular flexibility index (Phi) is 5.84. The Hall–Kier alpha value is -1.75. The number of carbonyl (C=O) groups is 1. The van der Waals surface area contributed by atoms with Gasteiger partial charge in [0.15, 0.2) is 5.16 Å². The van der Waals surface area contributed by atoms with Gasteiger partial charge in [-0.2, -0.15) is 0 Å². The van der Waals surface area contributed by atoms with Gasteiger partial charge in [-0.15, -0.1) is 0 Å². The topological polar surface area (TPSA) is 38.1 Å². The molecular weight excluding hydrogens is 330 g/mol. The fourth-order valence-electron chi connectivity index (χ4n) is 3.25. The van der Waals surface area contributed by atoms with E-state index in [1.165, 1.54) is 23.7 Å². The van der Waals surface area contributed by atoms with Crippen LogP contribution in [-0.4, -0.2) is 39.2 Å². The summed E-state index contributed by atoms with van der Waals surface area (Å²) in [7, 11) is 0. The maximum atomic E-state index is 12.5. The Morgan fingerprint density at radius 3 is 2.76 bits per heavy atom. The molecule has 0 spiro atoms. The van der Waals surface area contributed by atoms with Crippen LogP contribution in [0, 0.1) is 5.92 Å². The number of likely N-dealkylation sites (tertiary alicyclic amines) is 1. The molecule has 1 amide bonds. The molecule has 1 aromatic heterocycles. The van der Waals surface area contributed by atoms with Crippen molar-refractivity contribution in [1.82, 2.24) is 14.5 Å². The summed E-state index contributed by atoms with van der Waals surface area (Å²) in [6.07, 6.45) is 6.11. The van der Waals surface area contributed by atoms with Crippen molar-refractivity contribution in [2.75, 3.05) is 18.8 Å². The molecule has 1 unspecified atom stereocenters. The van der Waals surface area contributed by atoms with Crippen LogP contribution in [0.4, 0.5) is 0 Å². The van der Waals surface area contributed by atoms with Crippen molar-refractivity contribution < 1.29 is 4.79 Å². The van der Waals surface area contributed by atoms with Crippen LogP contribution in [0.3, 0.4) is 0 Å². The van der Waals surface area contributed by atoms with Gasteiger partial charge in [0, 0.05) is 31.2 Å². The molecule has 3 rings (SSSR count). The first-order chi connectivity index (χ1) is 12.0. The molecular formula is C20H27N3OS. The summed E-state index contributed by atoms with van der Waals surface area (Å²) in [6, 6.07) is 8.56. The highest BCUT2D eigenvalue weighted by Crippen LogP contribution is 2.24. The predicted octanol–water partition coefficient (Wildman–Crippen LogP) is 4.35. The lowest BCUT2D eigenvalue weighted by atomic mass is 10.0. The van der Waals surface area contributed by atoms with E-state index in [0.717, 1.165) is 30.4 Å². The molecule has 1 aromatic carbocycles. The second kappa shape index (κ2) is 8.09. The van der Waals surface area contributed by atoms with E-state index < -0.39 is 0 Å². The number of nitrogens with zero attached hydrogens (tertiary/aromatic N) is 3. The van der Waals surface area contributed by atoms with Crippen molar-refractivity contribution in [2.24, 2.45) is 5.92 Å². The van der Waals surface area contributed by atoms with Crippen LogP contribution in [-0.2, 0) is 4.79 Å². The van der Waals surface area contributed by atoms with E-state index >= 15 is 0 Å². The third-order valence-electron chi connectivity index (χ3n) is 4.78. The summed E-state index contributed by atoms with van der Waals surface area (Å²) in [5.41, 5.74) is 2.41. The van der Waals surface area contributed by atoms with Crippen LogP contribution in [0.5, 0.6) is 0 Å². The quantitative estimate of drug-likeness (QED) is 0.747. The summed E-state index contributed by atoms with van der Waals surface area (Å²) < 4.78 is 2.06. The summed E-state index contributed by atoms with van der Waals surface area (Å²) in [6.45, 7) is 8.40. The molecule has 0 aliphatic carbocycles. The number of aromatic nitrogens is 2. The highest BCUT2D eigenvalue weighted by molar-refractivity contribution is 7.99. The van der Waals surface area contributed by atoms with Gasteiger partial charge >= 0.3 is 0 Å². The Morgan fingerprint density at radius 1 is 1.32 bits per heavy atom. The van der Waals surface area contributed by atoms with Gasteiger partial charge in [0.2, 0.25) is 5.91 Å². The summed E-state index contributed by atoms with van der Waals surface area (Å²) in [5.74, 6) is 1.81. The lowest BCUT2D eigenvalue weighted by Crippen LogP contribution is -2.40. The SMILES string of the molecule is CC1CCCN(C(=O)CSc2nccn2-c2ccc(C(C)C)cc2)C1. The normalized spacial score (nSPS) is 17.9. The molecule has 1 aliphatic rings. The highest BCUT2D eigenvalue weighted by Gasteiger charge is 2.21. The van der Waals surface area contributed by atoms with Crippen LogP contribution < -0.4 is 0 Å². The van der Waals surface area contributed by atoms with Gasteiger partial charge in [-0.1, -0.05) is 44.7 Å². The maximum absolute atomic E-state index is 12.5. The van der Waals surface area contributed by atoms with Gasteiger partial charge < -0.3 is 4.90 Å². The Labute approximate surface area is 154 Å². The number of imidazole rings is 1. The minimum Gasteiger partial charge on any atom is -0.342 e. The molecule has 1 fully saturated rings. The van der Waals surface area contributed by atoms with Crippen LogP contribution in [0.25, 0.3) is 5.69 Å². The highest BCUT2D eigenvalue weighted by atomic mass is 32.2. The van der Waals surface area contributed by atoms with Gasteiger partial charge in [-0.05, 0) is 42.4 Å². The molecule has 1 saturated heterocycles. The van der Waals surface area contributed by atoms with Gasteiger partial charge in [0.25, 0.3) is 0 Å². The molecule has 1 atom stereocenters. The van der Waals surface area contributed by atoms with Crippen molar-refractivity contribution in [1.29, 1.82) is 0 Å². The second-order valence-corrected chi connectivity index (χ2v) is 8.14. The smallest absolute Gasteiger partial charge is 0.233 e. The van der Waals surface area contributed by atoms with E-state index in [1.807, 2.05) is 11.1 Å². The van der Waals surface area contributed by atoms with Gasteiger partial charge in [0.05, 0.1) is 5.75 Å². The monoisotopic (exact) mass is 357 g/mol. The second-order valence-electron chi connectivity index (χ2n) is 7.20. The van der Waals surface area contributed by atoms with Crippen LogP contribution >= 0.6 is 11.8 Å². The predicted molar refractivity (Wildman–Crippen MR) is 103 cm³/mol. The van der Waals surface area contributed by atoms with E-state index in [-0.39, 0.29) is 5.91 Å². The van der Waals surface area contributed by atoms with Crippen LogP contribution in [0.1, 0.15) is 45.1 Å². The van der Waals surface area contributed by atoms with E-state index in [4.69, 9.17) is 0 Å². The van der Waals surface area contributed by atoms with E-state index in [0.29, 0.717) is 17.6 Å². The van der Waals surface area contributed by atoms with E-state index in [1.54, 1.807) is 6.20 Å². The molecule has 0 saturated carbocycles. The summed E-state index contributed by atoms with van der Waals surface area (Å²) in [5, 5.41) is 0.871. The van der Waals surface area contributed by atoms with Crippen molar-refractivity contribution in [2.45, 2.75) is 44.7 Å². The summed E-state index contributed by atoms with van der Waals surface area (Å²) >= 11 is 1.52. The first kappa shape index (κ1) is 18.1. The Balaban J connectivity index is 1.64. The Morgan fingerprint density at radius 2 is 2.08 bits per heavy atom. The molecule has 134 valence electrons. The van der Waals surface area contributed by atoms with Gasteiger partial charge in [-0.3, -0.25) is 9.36 Å². The van der Waals surface area contributed by atoms with Crippen molar-refractivity contribution in [3.8, 4) is 5.69 Å². The number of hydrogen-bond acceptors (Lipinski definition) is 3. The first-order valence-electron chi connectivity index (χ1n) is 9.09. The molecule has 25 heavy (non-hydrogen) atoms. The average molecular weight is 358 g/mol. The standard InChI is InChI=1S/C20H27N3OS/c1-15(2)17-6-8-18(9-7-17)23-12-10-21-20(23)25-14-19(24)22-11-4-5-16(3)13-22/h6-10,12,15-16H,4-5,11,13-14H2,1-3H3. The first-order valence-corrected chi connectivity index (χ1v) is 10.1. The third kappa shape index (κ3) is 4.46. The zero-order chi connectivity index (χ0) is 17.8. The Bertz CT molecular complexity index is 708. The number of rotatable bonds is 5. The van der Waals surface area contributed by atoms with Crippen molar-refractivity contribution in [3.63, 3.8) is 0 Å². The minimum atomic E-state index is 0.223.